The Kier molecular flexibility index (Phi) is 4.78. The van der Waals surface area contributed by atoms with Crippen LogP contribution in [0.15, 0.2) is 36.2 Å². The first kappa shape index (κ1) is 15.8. The van der Waals surface area contributed by atoms with E-state index in [0.717, 1.165) is 17.2 Å². The maximum atomic E-state index is 4.60. The van der Waals surface area contributed by atoms with Gasteiger partial charge in [0.05, 0.1) is 17.9 Å². The fraction of sp³-hybridized carbons (Fsp3) is 0.375. The van der Waals surface area contributed by atoms with Gasteiger partial charge < -0.3 is 5.32 Å². The summed E-state index contributed by atoms with van der Waals surface area (Å²) >= 11 is 1.57. The van der Waals surface area contributed by atoms with E-state index in [-0.39, 0.29) is 12.1 Å². The fourth-order valence-corrected chi connectivity index (χ4v) is 2.99. The fourth-order valence-electron chi connectivity index (χ4n) is 2.22. The largest absolute Gasteiger partial charge is 0.306 e. The number of aromatic nitrogens is 5. The molecular weight excluding hydrogens is 308 g/mol. The highest BCUT2D eigenvalue weighted by Crippen LogP contribution is 2.20. The van der Waals surface area contributed by atoms with Crippen LogP contribution in [0.4, 0.5) is 0 Å². The minimum absolute atomic E-state index is 0.277. The number of aryl methyl sites for hydroxylation is 1. The van der Waals surface area contributed by atoms with Gasteiger partial charge in [0, 0.05) is 36.6 Å². The van der Waals surface area contributed by atoms with E-state index < -0.39 is 0 Å². The second-order valence-electron chi connectivity index (χ2n) is 5.62. The maximum Gasteiger partial charge on any atom is 0.188 e. The maximum absolute atomic E-state index is 4.60. The normalized spacial score (nSPS) is 13.9. The lowest BCUT2D eigenvalue weighted by molar-refractivity contribution is 0.364. The van der Waals surface area contributed by atoms with Gasteiger partial charge in [0.1, 0.15) is 0 Å². The van der Waals surface area contributed by atoms with Crippen LogP contribution >= 0.6 is 11.3 Å². The van der Waals surface area contributed by atoms with Crippen LogP contribution in [0.25, 0.3) is 10.8 Å². The third-order valence-corrected chi connectivity index (χ3v) is 4.67. The van der Waals surface area contributed by atoms with Gasteiger partial charge in [0.15, 0.2) is 10.8 Å². The van der Waals surface area contributed by atoms with Crippen LogP contribution in [-0.4, -0.2) is 30.8 Å². The van der Waals surface area contributed by atoms with Crippen molar-refractivity contribution >= 4 is 11.3 Å². The number of rotatable bonds is 6. The molecule has 7 heteroatoms. The molecule has 0 saturated carbocycles. The summed E-state index contributed by atoms with van der Waals surface area (Å²) in [5, 5.41) is 10.8. The quantitative estimate of drug-likeness (QED) is 0.753. The van der Waals surface area contributed by atoms with Crippen molar-refractivity contribution in [2.24, 2.45) is 0 Å². The van der Waals surface area contributed by atoms with E-state index in [4.69, 9.17) is 0 Å². The summed E-state index contributed by atoms with van der Waals surface area (Å²) in [5.41, 5.74) is 2.18. The standard InChI is InChI=1S/C16H20N6S/c1-11-7-20-22(9-11)13(3)12(2)19-8-14-10-23-16(21-14)15-17-5-4-6-18-15/h4-7,9-10,12-13,19H,8H2,1-3H3/t12-,13+/m0/s1. The minimum Gasteiger partial charge on any atom is -0.306 e. The molecule has 0 unspecified atom stereocenters. The summed E-state index contributed by atoms with van der Waals surface area (Å²) in [4.78, 5) is 13.1. The van der Waals surface area contributed by atoms with Crippen LogP contribution < -0.4 is 5.32 Å². The molecular formula is C16H20N6S. The van der Waals surface area contributed by atoms with Crippen LogP contribution in [0.3, 0.4) is 0 Å². The smallest absolute Gasteiger partial charge is 0.188 e. The van der Waals surface area contributed by atoms with Gasteiger partial charge in [-0.05, 0) is 32.4 Å². The molecule has 0 aliphatic heterocycles. The highest BCUT2D eigenvalue weighted by atomic mass is 32.1. The molecule has 0 radical (unpaired) electrons. The third-order valence-electron chi connectivity index (χ3n) is 3.79. The van der Waals surface area contributed by atoms with Gasteiger partial charge >= 0.3 is 0 Å². The molecule has 0 aliphatic rings. The number of nitrogens with zero attached hydrogens (tertiary/aromatic N) is 5. The summed E-state index contributed by atoms with van der Waals surface area (Å²) in [5.74, 6) is 0.678. The molecule has 3 aromatic heterocycles. The van der Waals surface area contributed by atoms with E-state index in [9.17, 15) is 0 Å². The van der Waals surface area contributed by atoms with E-state index in [2.05, 4.69) is 52.3 Å². The highest BCUT2D eigenvalue weighted by molar-refractivity contribution is 7.13. The summed E-state index contributed by atoms with van der Waals surface area (Å²) in [7, 11) is 0. The van der Waals surface area contributed by atoms with Crippen molar-refractivity contribution in [3.63, 3.8) is 0 Å². The Bertz CT molecular complexity index is 751. The Balaban J connectivity index is 1.59. The highest BCUT2D eigenvalue weighted by Gasteiger charge is 2.15. The zero-order valence-electron chi connectivity index (χ0n) is 13.5. The van der Waals surface area contributed by atoms with E-state index in [0.29, 0.717) is 5.82 Å². The van der Waals surface area contributed by atoms with Crippen molar-refractivity contribution in [2.75, 3.05) is 0 Å². The lowest BCUT2D eigenvalue weighted by Gasteiger charge is -2.21. The molecule has 3 rings (SSSR count). The van der Waals surface area contributed by atoms with Crippen molar-refractivity contribution in [3.8, 4) is 10.8 Å². The van der Waals surface area contributed by atoms with Gasteiger partial charge in [-0.15, -0.1) is 11.3 Å². The molecule has 6 nitrogen and oxygen atoms in total. The predicted molar refractivity (Wildman–Crippen MR) is 91.1 cm³/mol. The van der Waals surface area contributed by atoms with Crippen LogP contribution in [0.5, 0.6) is 0 Å². The van der Waals surface area contributed by atoms with Gasteiger partial charge in [-0.25, -0.2) is 15.0 Å². The van der Waals surface area contributed by atoms with Crippen molar-refractivity contribution in [2.45, 2.75) is 39.4 Å². The minimum atomic E-state index is 0.277. The average molecular weight is 328 g/mol. The van der Waals surface area contributed by atoms with Gasteiger partial charge in [0.2, 0.25) is 0 Å². The van der Waals surface area contributed by atoms with Gasteiger partial charge in [0.25, 0.3) is 0 Å². The first-order valence-corrected chi connectivity index (χ1v) is 8.47. The molecule has 3 heterocycles. The predicted octanol–water partition coefficient (Wildman–Crippen LogP) is 2.84. The monoisotopic (exact) mass is 328 g/mol. The molecule has 1 N–H and O–H groups in total. The third kappa shape index (κ3) is 3.80. The van der Waals surface area contributed by atoms with Crippen molar-refractivity contribution < 1.29 is 0 Å². The number of hydrogen-bond donors (Lipinski definition) is 1. The zero-order chi connectivity index (χ0) is 16.2. The lowest BCUT2D eigenvalue weighted by Crippen LogP contribution is -2.33. The Morgan fingerprint density at radius 1 is 1.26 bits per heavy atom. The molecule has 0 saturated heterocycles. The molecule has 0 bridgehead atoms. The molecule has 0 aliphatic carbocycles. The molecule has 23 heavy (non-hydrogen) atoms. The first-order valence-electron chi connectivity index (χ1n) is 7.59. The van der Waals surface area contributed by atoms with E-state index in [1.54, 1.807) is 29.8 Å². The molecule has 0 aromatic carbocycles. The zero-order valence-corrected chi connectivity index (χ0v) is 14.3. The number of nitrogens with one attached hydrogen (secondary N) is 1. The van der Waals surface area contributed by atoms with Crippen LogP contribution in [-0.2, 0) is 6.54 Å². The number of thiazole rings is 1. The second kappa shape index (κ2) is 6.97. The van der Waals surface area contributed by atoms with Crippen molar-refractivity contribution in [1.82, 2.24) is 30.0 Å². The van der Waals surface area contributed by atoms with Gasteiger partial charge in [-0.2, -0.15) is 5.10 Å². The SMILES string of the molecule is Cc1cnn([C@H](C)[C@H](C)NCc2csc(-c3ncccn3)n2)c1. The van der Waals surface area contributed by atoms with Crippen molar-refractivity contribution in [1.29, 1.82) is 0 Å². The van der Waals surface area contributed by atoms with E-state index in [1.165, 1.54) is 5.56 Å². The molecule has 2 atom stereocenters. The Morgan fingerprint density at radius 2 is 2.04 bits per heavy atom. The van der Waals surface area contributed by atoms with Crippen LogP contribution in [0.1, 0.15) is 31.1 Å². The van der Waals surface area contributed by atoms with Crippen LogP contribution in [0.2, 0.25) is 0 Å². The molecule has 3 aromatic rings. The first-order chi connectivity index (χ1) is 11.1. The van der Waals surface area contributed by atoms with Gasteiger partial charge in [-0.3, -0.25) is 4.68 Å². The van der Waals surface area contributed by atoms with Crippen molar-refractivity contribution in [3.05, 3.63) is 47.5 Å². The van der Waals surface area contributed by atoms with E-state index >= 15 is 0 Å². The summed E-state index contributed by atoms with van der Waals surface area (Å²) < 4.78 is 2.00. The summed E-state index contributed by atoms with van der Waals surface area (Å²) in [6, 6.07) is 2.37. The molecule has 0 spiro atoms. The van der Waals surface area contributed by atoms with E-state index in [1.807, 2.05) is 16.3 Å². The summed E-state index contributed by atoms with van der Waals surface area (Å²) in [6.07, 6.45) is 7.42. The molecule has 0 amide bonds. The Morgan fingerprint density at radius 3 is 2.74 bits per heavy atom. The molecule has 0 fully saturated rings. The second-order valence-corrected chi connectivity index (χ2v) is 6.48. The molecule has 120 valence electrons. The average Bonchev–Trinajstić information content (AvgIpc) is 3.22. The lowest BCUT2D eigenvalue weighted by atomic mass is 10.1. The van der Waals surface area contributed by atoms with Crippen LogP contribution in [0, 0.1) is 6.92 Å². The Labute approximate surface area is 139 Å². The Hall–Kier alpha value is -2.12. The summed E-state index contributed by atoms with van der Waals surface area (Å²) in [6.45, 7) is 7.09. The topological polar surface area (TPSA) is 68.5 Å². The number of hydrogen-bond acceptors (Lipinski definition) is 6. The van der Waals surface area contributed by atoms with Gasteiger partial charge in [-0.1, -0.05) is 0 Å².